The standard InChI is InChI=1S/C20H24N2O4S/c1-16-7-9-17(10-8-16)27(23,24)22-11-12-26-20(14-22)13-21(2)18-5-3-4-6-19(18)25-15-20/h3-10H,11-15H2,1-2H3. The molecule has 0 N–H and O–H groups in total. The van der Waals surface area contributed by atoms with Crippen LogP contribution in [0.3, 0.4) is 0 Å². The van der Waals surface area contributed by atoms with E-state index in [0.717, 1.165) is 17.0 Å². The van der Waals surface area contributed by atoms with E-state index in [1.54, 1.807) is 12.1 Å². The van der Waals surface area contributed by atoms with Crippen molar-refractivity contribution in [2.45, 2.75) is 17.4 Å². The zero-order valence-corrected chi connectivity index (χ0v) is 16.4. The van der Waals surface area contributed by atoms with E-state index in [1.807, 2.05) is 50.4 Å². The number of hydrogen-bond acceptors (Lipinski definition) is 5. The number of anilines is 1. The zero-order chi connectivity index (χ0) is 19.1. The van der Waals surface area contributed by atoms with Gasteiger partial charge in [-0.1, -0.05) is 29.8 Å². The fraction of sp³-hybridized carbons (Fsp3) is 0.400. The predicted octanol–water partition coefficient (Wildman–Crippen LogP) is 2.28. The second-order valence-corrected chi connectivity index (χ2v) is 9.23. The zero-order valence-electron chi connectivity index (χ0n) is 15.6. The average Bonchev–Trinajstić information content (AvgIpc) is 2.79. The lowest BCUT2D eigenvalue weighted by Crippen LogP contribution is -2.60. The molecule has 0 aliphatic carbocycles. The van der Waals surface area contributed by atoms with Gasteiger partial charge in [0.25, 0.3) is 0 Å². The molecule has 1 saturated heterocycles. The molecule has 4 rings (SSSR count). The fourth-order valence-electron chi connectivity index (χ4n) is 3.72. The molecule has 0 bridgehead atoms. The second-order valence-electron chi connectivity index (χ2n) is 7.30. The van der Waals surface area contributed by atoms with Gasteiger partial charge in [0, 0.05) is 20.1 Å². The van der Waals surface area contributed by atoms with Crippen LogP contribution in [0.25, 0.3) is 0 Å². The Morgan fingerprint density at radius 2 is 1.78 bits per heavy atom. The van der Waals surface area contributed by atoms with Crippen molar-refractivity contribution in [3.63, 3.8) is 0 Å². The summed E-state index contributed by atoms with van der Waals surface area (Å²) in [5.41, 5.74) is 1.31. The molecule has 1 atom stereocenters. The van der Waals surface area contributed by atoms with Gasteiger partial charge in [-0.05, 0) is 31.2 Å². The largest absolute Gasteiger partial charge is 0.488 e. The molecule has 0 amide bonds. The van der Waals surface area contributed by atoms with Gasteiger partial charge in [0.2, 0.25) is 10.0 Å². The highest BCUT2D eigenvalue weighted by Gasteiger charge is 2.44. The van der Waals surface area contributed by atoms with E-state index in [9.17, 15) is 8.42 Å². The van der Waals surface area contributed by atoms with E-state index < -0.39 is 15.6 Å². The first-order chi connectivity index (χ1) is 12.9. The number of para-hydroxylation sites is 2. The number of nitrogens with zero attached hydrogens (tertiary/aromatic N) is 2. The molecule has 1 spiro atoms. The monoisotopic (exact) mass is 388 g/mol. The number of aryl methyl sites for hydroxylation is 1. The third-order valence-corrected chi connectivity index (χ3v) is 7.02. The van der Waals surface area contributed by atoms with Crippen molar-refractivity contribution in [3.05, 3.63) is 54.1 Å². The summed E-state index contributed by atoms with van der Waals surface area (Å²) in [5, 5.41) is 0. The highest BCUT2D eigenvalue weighted by atomic mass is 32.2. The number of hydrogen-bond donors (Lipinski definition) is 0. The van der Waals surface area contributed by atoms with Gasteiger partial charge in [0.05, 0.1) is 23.7 Å². The Kier molecular flexibility index (Phi) is 4.61. The maximum absolute atomic E-state index is 13.1. The molecule has 2 aromatic rings. The van der Waals surface area contributed by atoms with Crippen LogP contribution in [0.5, 0.6) is 5.75 Å². The molecule has 144 valence electrons. The van der Waals surface area contributed by atoms with E-state index in [0.29, 0.717) is 31.2 Å². The number of rotatable bonds is 2. The summed E-state index contributed by atoms with van der Waals surface area (Å²) in [5.74, 6) is 0.791. The minimum absolute atomic E-state index is 0.265. The van der Waals surface area contributed by atoms with Crippen molar-refractivity contribution in [3.8, 4) is 5.75 Å². The van der Waals surface area contributed by atoms with Crippen LogP contribution in [0.1, 0.15) is 5.56 Å². The van der Waals surface area contributed by atoms with Crippen LogP contribution >= 0.6 is 0 Å². The van der Waals surface area contributed by atoms with E-state index in [2.05, 4.69) is 4.90 Å². The Labute approximate surface area is 160 Å². The Morgan fingerprint density at radius 3 is 2.56 bits per heavy atom. The second kappa shape index (κ2) is 6.82. The predicted molar refractivity (Wildman–Crippen MR) is 104 cm³/mol. The van der Waals surface area contributed by atoms with Gasteiger partial charge in [0.1, 0.15) is 18.0 Å². The number of fused-ring (bicyclic) bond motifs is 1. The van der Waals surface area contributed by atoms with Gasteiger partial charge in [-0.25, -0.2) is 8.42 Å². The third kappa shape index (κ3) is 3.42. The quantitative estimate of drug-likeness (QED) is 0.790. The highest BCUT2D eigenvalue weighted by molar-refractivity contribution is 7.89. The van der Waals surface area contributed by atoms with Crippen molar-refractivity contribution < 1.29 is 17.9 Å². The molecule has 2 aliphatic heterocycles. The van der Waals surface area contributed by atoms with Gasteiger partial charge in [-0.3, -0.25) is 0 Å². The molecule has 2 aromatic carbocycles. The first kappa shape index (κ1) is 18.3. The van der Waals surface area contributed by atoms with Gasteiger partial charge in [0.15, 0.2) is 0 Å². The summed E-state index contributed by atoms with van der Waals surface area (Å²) < 4.78 is 39.9. The van der Waals surface area contributed by atoms with Gasteiger partial charge < -0.3 is 14.4 Å². The van der Waals surface area contributed by atoms with Crippen LogP contribution in [-0.4, -0.2) is 58.2 Å². The summed E-state index contributed by atoms with van der Waals surface area (Å²) in [6.45, 7) is 3.77. The van der Waals surface area contributed by atoms with Crippen molar-refractivity contribution in [2.75, 3.05) is 44.8 Å². The third-order valence-electron chi connectivity index (χ3n) is 5.16. The molecule has 2 aliphatic rings. The van der Waals surface area contributed by atoms with Crippen LogP contribution in [0.15, 0.2) is 53.4 Å². The van der Waals surface area contributed by atoms with Crippen LogP contribution in [-0.2, 0) is 14.8 Å². The van der Waals surface area contributed by atoms with E-state index in [4.69, 9.17) is 9.47 Å². The molecule has 0 radical (unpaired) electrons. The maximum Gasteiger partial charge on any atom is 0.243 e. The van der Waals surface area contributed by atoms with Crippen LogP contribution in [0.4, 0.5) is 5.69 Å². The molecule has 0 saturated carbocycles. The Hall–Kier alpha value is -2.09. The SMILES string of the molecule is Cc1ccc(S(=O)(=O)N2CCOC3(COc4ccccc4N(C)C3)C2)cc1. The Balaban J connectivity index is 1.60. The van der Waals surface area contributed by atoms with Crippen LogP contribution < -0.4 is 9.64 Å². The normalized spacial score (nSPS) is 23.6. The number of likely N-dealkylation sites (N-methyl/N-ethyl adjacent to an activating group) is 1. The van der Waals surface area contributed by atoms with Gasteiger partial charge in [-0.2, -0.15) is 4.31 Å². The number of morpholine rings is 1. The molecule has 7 heteroatoms. The van der Waals surface area contributed by atoms with Crippen molar-refractivity contribution in [1.82, 2.24) is 4.31 Å². The first-order valence-corrected chi connectivity index (χ1v) is 10.5. The fourth-order valence-corrected chi connectivity index (χ4v) is 5.22. The molecule has 27 heavy (non-hydrogen) atoms. The summed E-state index contributed by atoms with van der Waals surface area (Å²) in [6.07, 6.45) is 0. The van der Waals surface area contributed by atoms with Crippen LogP contribution in [0.2, 0.25) is 0 Å². The summed E-state index contributed by atoms with van der Waals surface area (Å²) >= 11 is 0. The number of ether oxygens (including phenoxy) is 2. The molecule has 0 aromatic heterocycles. The molecule has 6 nitrogen and oxygen atoms in total. The van der Waals surface area contributed by atoms with Gasteiger partial charge in [-0.15, -0.1) is 0 Å². The molecule has 1 unspecified atom stereocenters. The molecule has 1 fully saturated rings. The van der Waals surface area contributed by atoms with E-state index in [-0.39, 0.29) is 6.54 Å². The average molecular weight is 388 g/mol. The highest BCUT2D eigenvalue weighted by Crippen LogP contribution is 2.35. The Bertz CT molecular complexity index is 929. The lowest BCUT2D eigenvalue weighted by molar-refractivity contribution is -0.102. The molecular formula is C20H24N2O4S. The molecule has 2 heterocycles. The lowest BCUT2D eigenvalue weighted by Gasteiger charge is -2.42. The minimum atomic E-state index is -3.57. The topological polar surface area (TPSA) is 59.1 Å². The maximum atomic E-state index is 13.1. The van der Waals surface area contributed by atoms with E-state index in [1.165, 1.54) is 4.31 Å². The molecular weight excluding hydrogens is 364 g/mol. The van der Waals surface area contributed by atoms with Crippen molar-refractivity contribution in [1.29, 1.82) is 0 Å². The minimum Gasteiger partial charge on any atom is -0.488 e. The smallest absolute Gasteiger partial charge is 0.243 e. The van der Waals surface area contributed by atoms with Crippen molar-refractivity contribution >= 4 is 15.7 Å². The van der Waals surface area contributed by atoms with Crippen LogP contribution in [0, 0.1) is 6.92 Å². The number of sulfonamides is 1. The summed E-state index contributed by atoms with van der Waals surface area (Å²) in [7, 11) is -1.59. The Morgan fingerprint density at radius 1 is 1.04 bits per heavy atom. The lowest BCUT2D eigenvalue weighted by atomic mass is 10.0. The first-order valence-electron chi connectivity index (χ1n) is 9.03. The number of benzene rings is 2. The summed E-state index contributed by atoms with van der Waals surface area (Å²) in [6, 6.07) is 14.8. The van der Waals surface area contributed by atoms with E-state index >= 15 is 0 Å². The van der Waals surface area contributed by atoms with Gasteiger partial charge >= 0.3 is 0 Å². The van der Waals surface area contributed by atoms with Crippen molar-refractivity contribution in [2.24, 2.45) is 0 Å². The summed E-state index contributed by atoms with van der Waals surface area (Å²) in [4.78, 5) is 2.39.